The van der Waals surface area contributed by atoms with E-state index in [1.165, 1.54) is 24.5 Å². The molecule has 1 amide bonds. The van der Waals surface area contributed by atoms with Gasteiger partial charge in [-0.1, -0.05) is 11.6 Å². The Morgan fingerprint density at radius 3 is 2.70 bits per heavy atom. The number of aromatic nitrogens is 3. The lowest BCUT2D eigenvalue weighted by molar-refractivity contribution is 0.102. The number of carbonyl (C=O) groups excluding carboxylic acids is 1. The molecule has 1 spiro atoms. The molecule has 0 radical (unpaired) electrons. The fraction of sp³-hybridized carbons (Fsp3) is 0.115. The summed E-state index contributed by atoms with van der Waals surface area (Å²) in [6.07, 6.45) is 4.83. The Morgan fingerprint density at radius 1 is 1.03 bits per heavy atom. The number of benzene rings is 1. The lowest BCUT2D eigenvalue weighted by Gasteiger charge is -2.39. The highest BCUT2D eigenvalue weighted by molar-refractivity contribution is 6.30. The number of anilines is 1. The van der Waals surface area contributed by atoms with Gasteiger partial charge in [0.1, 0.15) is 17.0 Å². The zero-order valence-electron chi connectivity index (χ0n) is 19.1. The van der Waals surface area contributed by atoms with E-state index in [0.29, 0.717) is 57.6 Å². The lowest BCUT2D eigenvalue weighted by Crippen LogP contribution is -2.38. The molecule has 11 heteroatoms. The van der Waals surface area contributed by atoms with Gasteiger partial charge in [0, 0.05) is 53.5 Å². The van der Waals surface area contributed by atoms with E-state index in [2.05, 4.69) is 20.3 Å². The van der Waals surface area contributed by atoms with Crippen LogP contribution in [0, 0.1) is 5.95 Å². The number of amides is 1. The van der Waals surface area contributed by atoms with Crippen molar-refractivity contribution in [3.8, 4) is 22.8 Å². The van der Waals surface area contributed by atoms with Gasteiger partial charge in [-0.3, -0.25) is 4.79 Å². The lowest BCUT2D eigenvalue weighted by atomic mass is 9.78. The number of pyridine rings is 3. The van der Waals surface area contributed by atoms with E-state index in [1.54, 1.807) is 36.5 Å². The zero-order valence-corrected chi connectivity index (χ0v) is 19.9. The summed E-state index contributed by atoms with van der Waals surface area (Å²) in [4.78, 5) is 29.7. The van der Waals surface area contributed by atoms with E-state index in [0.717, 1.165) is 0 Å². The average Bonchev–Trinajstić information content (AvgIpc) is 2.89. The maximum Gasteiger partial charge on any atom is 0.283 e. The van der Waals surface area contributed by atoms with Crippen molar-refractivity contribution in [1.82, 2.24) is 15.0 Å². The van der Waals surface area contributed by atoms with Crippen LogP contribution in [0.1, 0.15) is 28.0 Å². The van der Waals surface area contributed by atoms with Crippen LogP contribution in [0.3, 0.4) is 0 Å². The molecule has 2 aliphatic rings. The summed E-state index contributed by atoms with van der Waals surface area (Å²) in [5.41, 5.74) is 8.34. The third-order valence-electron chi connectivity index (χ3n) is 6.22. The van der Waals surface area contributed by atoms with Crippen LogP contribution in [-0.4, -0.2) is 33.5 Å². The first-order valence-electron chi connectivity index (χ1n) is 11.3. The Labute approximate surface area is 215 Å². The summed E-state index contributed by atoms with van der Waals surface area (Å²) in [6.45, 7) is 0.299. The van der Waals surface area contributed by atoms with Gasteiger partial charge in [0.15, 0.2) is 0 Å². The molecule has 3 N–H and O–H groups in total. The summed E-state index contributed by atoms with van der Waals surface area (Å²) in [5.74, 6) is -0.132. The Kier molecular flexibility index (Phi) is 5.45. The number of ether oxygens (including phenoxy) is 2. The topological polar surface area (TPSA) is 125 Å². The molecule has 1 aromatic carbocycles. The Bertz CT molecular complexity index is 1580. The first-order valence-corrected chi connectivity index (χ1v) is 11.6. The van der Waals surface area contributed by atoms with Crippen molar-refractivity contribution >= 4 is 29.2 Å². The van der Waals surface area contributed by atoms with Crippen LogP contribution in [0.25, 0.3) is 11.1 Å². The third kappa shape index (κ3) is 4.11. The molecule has 0 unspecified atom stereocenters. The molecule has 2 aliphatic heterocycles. The summed E-state index contributed by atoms with van der Waals surface area (Å²) in [5, 5.41) is 3.28. The van der Waals surface area contributed by atoms with Gasteiger partial charge in [-0.15, -0.1) is 0 Å². The third-order valence-corrected chi connectivity index (χ3v) is 6.44. The van der Waals surface area contributed by atoms with Crippen molar-refractivity contribution in [2.45, 2.75) is 12.0 Å². The number of hydrogen-bond donors (Lipinski definition) is 2. The van der Waals surface area contributed by atoms with Crippen LogP contribution in [0.5, 0.6) is 11.6 Å². The number of hydrogen-bond acceptors (Lipinski definition) is 8. The normalized spacial score (nSPS) is 17.6. The molecule has 37 heavy (non-hydrogen) atoms. The van der Waals surface area contributed by atoms with Gasteiger partial charge in [0.2, 0.25) is 11.8 Å². The molecule has 4 aromatic rings. The molecule has 0 saturated carbocycles. The number of aliphatic imine (C=N–C) groups is 1. The standard InChI is InChI=1S/C26H18ClFN6O3/c27-16-1-3-20(31-13-16)23(35)33-17-2-4-21-18(11-17)26(6-8-36-25(29)34-26)19-9-15(12-32-24(19)37-21)14-5-7-30-22(28)10-14/h1-5,7,9-13H,6,8H2,(H2,29,34)(H,33,35)/t26-/m0/s1. The number of rotatable bonds is 3. The van der Waals surface area contributed by atoms with Crippen LogP contribution in [0.2, 0.25) is 5.02 Å². The predicted molar refractivity (Wildman–Crippen MR) is 134 cm³/mol. The second-order valence-corrected chi connectivity index (χ2v) is 8.92. The number of nitrogens with two attached hydrogens (primary N) is 1. The van der Waals surface area contributed by atoms with Crippen molar-refractivity contribution in [3.05, 3.63) is 94.9 Å². The van der Waals surface area contributed by atoms with Crippen LogP contribution in [0.4, 0.5) is 10.1 Å². The van der Waals surface area contributed by atoms with Crippen LogP contribution in [-0.2, 0) is 10.3 Å². The second kappa shape index (κ2) is 8.82. The second-order valence-electron chi connectivity index (χ2n) is 8.48. The maximum atomic E-state index is 13.8. The largest absolute Gasteiger partial charge is 0.465 e. The molecule has 0 saturated heterocycles. The average molecular weight is 517 g/mol. The highest BCUT2D eigenvalue weighted by Crippen LogP contribution is 2.52. The fourth-order valence-corrected chi connectivity index (χ4v) is 4.63. The molecule has 0 bridgehead atoms. The highest BCUT2D eigenvalue weighted by atomic mass is 35.5. The quantitative estimate of drug-likeness (QED) is 0.379. The smallest absolute Gasteiger partial charge is 0.283 e. The van der Waals surface area contributed by atoms with Crippen molar-refractivity contribution in [2.24, 2.45) is 10.7 Å². The number of nitrogens with one attached hydrogen (secondary N) is 1. The summed E-state index contributed by atoms with van der Waals surface area (Å²) in [6, 6.07) is 13.3. The Hall–Kier alpha value is -4.57. The van der Waals surface area contributed by atoms with Crippen LogP contribution >= 0.6 is 11.6 Å². The number of nitrogens with zero attached hydrogens (tertiary/aromatic N) is 4. The monoisotopic (exact) mass is 516 g/mol. The minimum Gasteiger partial charge on any atom is -0.465 e. The molecule has 3 aromatic heterocycles. The van der Waals surface area contributed by atoms with E-state index in [1.807, 2.05) is 6.07 Å². The minimum atomic E-state index is -1.00. The minimum absolute atomic E-state index is 0.0187. The number of fused-ring (bicyclic) bond motifs is 4. The van der Waals surface area contributed by atoms with E-state index in [4.69, 9.17) is 31.8 Å². The van der Waals surface area contributed by atoms with E-state index >= 15 is 0 Å². The van der Waals surface area contributed by atoms with Crippen molar-refractivity contribution in [3.63, 3.8) is 0 Å². The first kappa shape index (κ1) is 22.9. The van der Waals surface area contributed by atoms with Crippen molar-refractivity contribution < 1.29 is 18.7 Å². The van der Waals surface area contributed by atoms with Gasteiger partial charge in [0.05, 0.1) is 11.6 Å². The van der Waals surface area contributed by atoms with Gasteiger partial charge >= 0.3 is 0 Å². The fourth-order valence-electron chi connectivity index (χ4n) is 4.51. The molecule has 5 heterocycles. The van der Waals surface area contributed by atoms with Gasteiger partial charge in [-0.05, 0) is 48.0 Å². The number of carbonyl (C=O) groups is 1. The number of halogens is 2. The Balaban J connectivity index is 1.45. The van der Waals surface area contributed by atoms with Gasteiger partial charge < -0.3 is 20.5 Å². The predicted octanol–water partition coefficient (Wildman–Crippen LogP) is 4.67. The highest BCUT2D eigenvalue weighted by Gasteiger charge is 2.45. The molecule has 0 fully saturated rings. The van der Waals surface area contributed by atoms with E-state index < -0.39 is 17.4 Å². The molecular weight excluding hydrogens is 499 g/mol. The van der Waals surface area contributed by atoms with Gasteiger partial charge in [-0.2, -0.15) is 4.39 Å². The van der Waals surface area contributed by atoms with Gasteiger partial charge in [0.25, 0.3) is 11.9 Å². The van der Waals surface area contributed by atoms with Crippen LogP contribution in [0.15, 0.2) is 72.1 Å². The zero-order chi connectivity index (χ0) is 25.6. The van der Waals surface area contributed by atoms with E-state index in [-0.39, 0.29) is 11.7 Å². The first-order chi connectivity index (χ1) is 17.9. The molecule has 1 atom stereocenters. The van der Waals surface area contributed by atoms with Crippen molar-refractivity contribution in [2.75, 3.05) is 11.9 Å². The van der Waals surface area contributed by atoms with Gasteiger partial charge in [-0.25, -0.2) is 19.9 Å². The summed E-state index contributed by atoms with van der Waals surface area (Å²) < 4.78 is 25.4. The molecule has 0 aliphatic carbocycles. The number of amidine groups is 1. The van der Waals surface area contributed by atoms with E-state index in [9.17, 15) is 9.18 Å². The Morgan fingerprint density at radius 2 is 1.92 bits per heavy atom. The molecule has 6 rings (SSSR count). The molecule has 9 nitrogen and oxygen atoms in total. The van der Waals surface area contributed by atoms with Crippen molar-refractivity contribution in [1.29, 1.82) is 0 Å². The summed E-state index contributed by atoms with van der Waals surface area (Å²) in [7, 11) is 0. The summed E-state index contributed by atoms with van der Waals surface area (Å²) >= 11 is 5.88. The maximum absolute atomic E-state index is 13.8. The molecule has 184 valence electrons. The SMILES string of the molecule is NC1=N[C@@]2(CCO1)c1cc(NC(=O)c3ccc(Cl)cn3)ccc1Oc1ncc(-c3ccnc(F)c3)cc12. The van der Waals surface area contributed by atoms with Crippen LogP contribution < -0.4 is 15.8 Å². The molecular formula is C26H18ClFN6O3.